The number of rotatable bonds is 5. The molecule has 0 aliphatic carbocycles. The molecule has 0 radical (unpaired) electrons. The van der Waals surface area contributed by atoms with E-state index in [-0.39, 0.29) is 12.4 Å². The van der Waals surface area contributed by atoms with Crippen LogP contribution in [0.1, 0.15) is 18.1 Å². The van der Waals surface area contributed by atoms with E-state index in [0.717, 1.165) is 17.7 Å². The summed E-state index contributed by atoms with van der Waals surface area (Å²) >= 11 is 0. The van der Waals surface area contributed by atoms with Crippen molar-refractivity contribution in [2.75, 3.05) is 13.2 Å². The smallest absolute Gasteiger partial charge is 0.149 e. The van der Waals surface area contributed by atoms with Gasteiger partial charge in [-0.15, -0.1) is 0 Å². The fraction of sp³-hybridized carbons (Fsp3) is 0.222. The van der Waals surface area contributed by atoms with Crippen molar-refractivity contribution < 1.29 is 9.13 Å². The first kappa shape index (κ1) is 15.1. The molecule has 0 saturated carbocycles. The molecule has 2 aromatic rings. The summed E-state index contributed by atoms with van der Waals surface area (Å²) < 4.78 is 18.9. The Kier molecular flexibility index (Phi) is 5.81. The monoisotopic (exact) mass is 283 g/mol. The molecule has 2 aromatic carbocycles. The third kappa shape index (κ3) is 4.94. The van der Waals surface area contributed by atoms with Crippen molar-refractivity contribution in [3.05, 3.63) is 65.5 Å². The minimum absolute atomic E-state index is 0.259. The topological polar surface area (TPSA) is 21.3 Å². The largest absolute Gasteiger partial charge is 0.481 e. The van der Waals surface area contributed by atoms with Crippen molar-refractivity contribution in [2.24, 2.45) is 0 Å². The van der Waals surface area contributed by atoms with Crippen LogP contribution < -0.4 is 10.1 Å². The van der Waals surface area contributed by atoms with Crippen LogP contribution in [-0.4, -0.2) is 13.2 Å². The van der Waals surface area contributed by atoms with Gasteiger partial charge in [-0.1, -0.05) is 37.0 Å². The molecule has 1 N–H and O–H groups in total. The first-order valence-corrected chi connectivity index (χ1v) is 6.95. The Balaban J connectivity index is 1.98. The second-order valence-electron chi connectivity index (χ2n) is 4.49. The molecule has 2 rings (SSSR count). The molecule has 0 unspecified atom stereocenters. The SMILES string of the molecule is CCNCc1cc(F)ccc1OCC#Cc1ccccc1. The molecule has 0 aliphatic rings. The quantitative estimate of drug-likeness (QED) is 0.850. The van der Waals surface area contributed by atoms with Crippen LogP contribution in [-0.2, 0) is 6.54 Å². The highest BCUT2D eigenvalue weighted by molar-refractivity contribution is 5.36. The van der Waals surface area contributed by atoms with Gasteiger partial charge in [-0.25, -0.2) is 4.39 Å². The maximum atomic E-state index is 13.3. The van der Waals surface area contributed by atoms with Gasteiger partial charge in [0, 0.05) is 17.7 Å². The summed E-state index contributed by atoms with van der Waals surface area (Å²) in [5.41, 5.74) is 1.76. The fourth-order valence-corrected chi connectivity index (χ4v) is 1.86. The first-order chi connectivity index (χ1) is 10.3. The molecule has 0 aliphatic heterocycles. The van der Waals surface area contributed by atoms with E-state index in [1.165, 1.54) is 12.1 Å². The van der Waals surface area contributed by atoms with E-state index in [0.29, 0.717) is 12.3 Å². The minimum Gasteiger partial charge on any atom is -0.481 e. The second kappa shape index (κ2) is 8.08. The number of hydrogen-bond donors (Lipinski definition) is 1. The van der Waals surface area contributed by atoms with Crippen LogP contribution in [0.15, 0.2) is 48.5 Å². The number of nitrogens with one attached hydrogen (secondary N) is 1. The first-order valence-electron chi connectivity index (χ1n) is 6.95. The zero-order chi connectivity index (χ0) is 14.9. The molecule has 3 heteroatoms. The van der Waals surface area contributed by atoms with E-state index >= 15 is 0 Å². The summed E-state index contributed by atoms with van der Waals surface area (Å²) in [6.45, 7) is 3.68. The van der Waals surface area contributed by atoms with Gasteiger partial charge in [0.1, 0.15) is 18.2 Å². The van der Waals surface area contributed by atoms with Crippen molar-refractivity contribution in [2.45, 2.75) is 13.5 Å². The zero-order valence-corrected chi connectivity index (χ0v) is 12.0. The summed E-state index contributed by atoms with van der Waals surface area (Å²) in [6.07, 6.45) is 0. The van der Waals surface area contributed by atoms with E-state index in [2.05, 4.69) is 17.2 Å². The standard InChI is InChI=1S/C18H18FNO/c1-2-20-14-16-13-17(19)10-11-18(16)21-12-6-9-15-7-4-3-5-8-15/h3-5,7-8,10-11,13,20H,2,12,14H2,1H3. The lowest BCUT2D eigenvalue weighted by atomic mass is 10.2. The Morgan fingerprint density at radius 2 is 1.95 bits per heavy atom. The van der Waals surface area contributed by atoms with Crippen molar-refractivity contribution in [1.29, 1.82) is 0 Å². The highest BCUT2D eigenvalue weighted by Crippen LogP contribution is 2.19. The zero-order valence-electron chi connectivity index (χ0n) is 12.0. The van der Waals surface area contributed by atoms with Gasteiger partial charge in [0.25, 0.3) is 0 Å². The van der Waals surface area contributed by atoms with Crippen molar-refractivity contribution >= 4 is 0 Å². The third-order valence-corrected chi connectivity index (χ3v) is 2.89. The van der Waals surface area contributed by atoms with Crippen LogP contribution in [0.5, 0.6) is 5.75 Å². The average Bonchev–Trinajstić information content (AvgIpc) is 2.52. The molecule has 0 atom stereocenters. The number of benzene rings is 2. The Labute approximate surface area is 125 Å². The van der Waals surface area contributed by atoms with Crippen LogP contribution in [0, 0.1) is 17.7 Å². The molecule has 2 nitrogen and oxygen atoms in total. The lowest BCUT2D eigenvalue weighted by molar-refractivity contribution is 0.364. The number of halogens is 1. The number of hydrogen-bond acceptors (Lipinski definition) is 2. The summed E-state index contributed by atoms with van der Waals surface area (Å²) in [5.74, 6) is 6.39. The van der Waals surface area contributed by atoms with E-state index in [9.17, 15) is 4.39 Å². The summed E-state index contributed by atoms with van der Waals surface area (Å²) in [4.78, 5) is 0. The maximum absolute atomic E-state index is 13.3. The Morgan fingerprint density at radius 1 is 1.14 bits per heavy atom. The molecular formula is C18H18FNO. The van der Waals surface area contributed by atoms with E-state index in [1.807, 2.05) is 37.3 Å². The fourth-order valence-electron chi connectivity index (χ4n) is 1.86. The van der Waals surface area contributed by atoms with Crippen molar-refractivity contribution in [3.8, 4) is 17.6 Å². The molecule has 0 heterocycles. The molecule has 0 amide bonds. The third-order valence-electron chi connectivity index (χ3n) is 2.89. The Bertz CT molecular complexity index is 629. The Hall–Kier alpha value is -2.31. The van der Waals surface area contributed by atoms with Crippen LogP contribution in [0.25, 0.3) is 0 Å². The number of ether oxygens (including phenoxy) is 1. The van der Waals surface area contributed by atoms with Crippen LogP contribution >= 0.6 is 0 Å². The van der Waals surface area contributed by atoms with Gasteiger partial charge in [0.2, 0.25) is 0 Å². The van der Waals surface area contributed by atoms with E-state index in [4.69, 9.17) is 4.74 Å². The van der Waals surface area contributed by atoms with Gasteiger partial charge < -0.3 is 10.1 Å². The van der Waals surface area contributed by atoms with Crippen LogP contribution in [0.4, 0.5) is 4.39 Å². The van der Waals surface area contributed by atoms with Gasteiger partial charge in [0.05, 0.1) is 0 Å². The summed E-state index contributed by atoms with van der Waals surface area (Å²) in [6, 6.07) is 14.3. The lowest BCUT2D eigenvalue weighted by Crippen LogP contribution is -2.13. The van der Waals surface area contributed by atoms with Gasteiger partial charge in [-0.05, 0) is 36.9 Å². The highest BCUT2D eigenvalue weighted by atomic mass is 19.1. The van der Waals surface area contributed by atoms with Crippen molar-refractivity contribution in [1.82, 2.24) is 5.32 Å². The molecule has 0 spiro atoms. The van der Waals surface area contributed by atoms with Gasteiger partial charge >= 0.3 is 0 Å². The van der Waals surface area contributed by atoms with Crippen LogP contribution in [0.2, 0.25) is 0 Å². The summed E-state index contributed by atoms with van der Waals surface area (Å²) in [7, 11) is 0. The Morgan fingerprint density at radius 3 is 2.71 bits per heavy atom. The van der Waals surface area contributed by atoms with Gasteiger partial charge in [-0.2, -0.15) is 0 Å². The molecule has 21 heavy (non-hydrogen) atoms. The van der Waals surface area contributed by atoms with Crippen molar-refractivity contribution in [3.63, 3.8) is 0 Å². The minimum atomic E-state index is -0.259. The summed E-state index contributed by atoms with van der Waals surface area (Å²) in [5, 5.41) is 3.17. The van der Waals surface area contributed by atoms with Gasteiger partial charge in [0.15, 0.2) is 0 Å². The molecule has 0 fully saturated rings. The molecule has 0 aromatic heterocycles. The normalized spacial score (nSPS) is 9.81. The maximum Gasteiger partial charge on any atom is 0.149 e. The van der Waals surface area contributed by atoms with Gasteiger partial charge in [-0.3, -0.25) is 0 Å². The molecule has 0 saturated heterocycles. The lowest BCUT2D eigenvalue weighted by Gasteiger charge is -2.10. The van der Waals surface area contributed by atoms with E-state index in [1.54, 1.807) is 6.07 Å². The predicted molar refractivity (Wildman–Crippen MR) is 82.6 cm³/mol. The molecular weight excluding hydrogens is 265 g/mol. The highest BCUT2D eigenvalue weighted by Gasteiger charge is 2.04. The molecule has 108 valence electrons. The van der Waals surface area contributed by atoms with E-state index < -0.39 is 0 Å². The second-order valence-corrected chi connectivity index (χ2v) is 4.49. The predicted octanol–water partition coefficient (Wildman–Crippen LogP) is 3.37. The van der Waals surface area contributed by atoms with Crippen LogP contribution in [0.3, 0.4) is 0 Å². The molecule has 0 bridgehead atoms. The average molecular weight is 283 g/mol.